The molecule has 0 aliphatic heterocycles. The van der Waals surface area contributed by atoms with Crippen LogP contribution >= 0.6 is 11.3 Å². The van der Waals surface area contributed by atoms with Crippen molar-refractivity contribution in [2.75, 3.05) is 5.32 Å². The first kappa shape index (κ1) is 20.3. The molecule has 1 saturated carbocycles. The zero-order valence-electron chi connectivity index (χ0n) is 16.1. The summed E-state index contributed by atoms with van der Waals surface area (Å²) in [6.45, 7) is 3.84. The summed E-state index contributed by atoms with van der Waals surface area (Å²) in [5.74, 6) is -0.364. The predicted molar refractivity (Wildman–Crippen MR) is 107 cm³/mol. The van der Waals surface area contributed by atoms with Crippen LogP contribution in [0.4, 0.5) is 24.8 Å². The second-order valence-corrected chi connectivity index (χ2v) is 8.48. The number of aromatic nitrogens is 3. The zero-order valence-corrected chi connectivity index (χ0v) is 16.9. The van der Waals surface area contributed by atoms with Crippen LogP contribution in [-0.2, 0) is 16.4 Å². The Hall–Kier alpha value is -3.01. The van der Waals surface area contributed by atoms with Crippen LogP contribution in [0.3, 0.4) is 0 Å². The molecule has 1 aliphatic carbocycles. The number of nitrogens with zero attached hydrogens (tertiary/aromatic N) is 3. The molecule has 2 heterocycles. The number of primary amides is 1. The van der Waals surface area contributed by atoms with Crippen molar-refractivity contribution < 1.29 is 18.0 Å². The molecule has 3 N–H and O–H groups in total. The highest BCUT2D eigenvalue weighted by Gasteiger charge is 2.59. The fourth-order valence-electron chi connectivity index (χ4n) is 3.49. The SMILES string of the molecule is Cc1cc(Nc2nccc(C(F)(F)F)n2)cc(-c2cnc(C3(C(N)=O)CC3C)s2)c1. The number of nitrogens with two attached hydrogens (primary N) is 1. The monoisotopic (exact) mass is 433 g/mol. The Morgan fingerprint density at radius 3 is 2.67 bits per heavy atom. The largest absolute Gasteiger partial charge is 0.433 e. The topological polar surface area (TPSA) is 93.8 Å². The van der Waals surface area contributed by atoms with Gasteiger partial charge in [-0.05, 0) is 48.6 Å². The van der Waals surface area contributed by atoms with Gasteiger partial charge in [-0.3, -0.25) is 4.79 Å². The third kappa shape index (κ3) is 3.62. The zero-order chi connectivity index (χ0) is 21.7. The number of hydrogen-bond donors (Lipinski definition) is 2. The molecule has 10 heteroatoms. The lowest BCUT2D eigenvalue weighted by Crippen LogP contribution is -2.29. The molecular weight excluding hydrogens is 415 g/mol. The molecule has 6 nitrogen and oxygen atoms in total. The van der Waals surface area contributed by atoms with Crippen molar-refractivity contribution in [1.82, 2.24) is 15.0 Å². The summed E-state index contributed by atoms with van der Waals surface area (Å²) in [5, 5.41) is 3.52. The lowest BCUT2D eigenvalue weighted by atomic mass is 10.1. The lowest BCUT2D eigenvalue weighted by Gasteiger charge is -2.10. The molecule has 0 spiro atoms. The standard InChI is InChI=1S/C20H18F3N5OS/c1-10-5-12(14-9-26-17(30-14)19(16(24)29)8-11(19)2)7-13(6-10)27-18-25-4-3-15(28-18)20(21,22)23/h3-7,9,11H,8H2,1-2H3,(H2,24,29)(H,25,27,28). The maximum absolute atomic E-state index is 12.9. The van der Waals surface area contributed by atoms with E-state index in [-0.39, 0.29) is 17.8 Å². The van der Waals surface area contributed by atoms with Crippen molar-refractivity contribution in [3.63, 3.8) is 0 Å². The van der Waals surface area contributed by atoms with Gasteiger partial charge in [-0.25, -0.2) is 15.0 Å². The highest BCUT2D eigenvalue weighted by molar-refractivity contribution is 7.15. The van der Waals surface area contributed by atoms with Crippen molar-refractivity contribution in [1.29, 1.82) is 0 Å². The molecule has 0 radical (unpaired) electrons. The van der Waals surface area contributed by atoms with E-state index in [4.69, 9.17) is 5.73 Å². The molecule has 4 rings (SSSR count). The number of thiazole rings is 1. The first-order chi connectivity index (χ1) is 14.1. The predicted octanol–water partition coefficient (Wildman–Crippen LogP) is 4.43. The van der Waals surface area contributed by atoms with Gasteiger partial charge in [-0.15, -0.1) is 11.3 Å². The molecule has 2 unspecified atom stereocenters. The number of amides is 1. The Labute approximate surface area is 174 Å². The molecule has 0 saturated heterocycles. The fourth-order valence-corrected chi connectivity index (χ4v) is 4.71. The molecular formula is C20H18F3N5OS. The van der Waals surface area contributed by atoms with E-state index in [9.17, 15) is 18.0 Å². The van der Waals surface area contributed by atoms with Crippen LogP contribution in [0.2, 0.25) is 0 Å². The van der Waals surface area contributed by atoms with Gasteiger partial charge >= 0.3 is 6.18 Å². The number of nitrogens with one attached hydrogen (secondary N) is 1. The summed E-state index contributed by atoms with van der Waals surface area (Å²) in [6.07, 6.45) is -1.12. The molecule has 3 aromatic rings. The summed E-state index contributed by atoms with van der Waals surface area (Å²) >= 11 is 1.40. The van der Waals surface area contributed by atoms with Gasteiger partial charge in [0.2, 0.25) is 11.9 Å². The minimum atomic E-state index is -4.55. The Morgan fingerprint density at radius 2 is 2.03 bits per heavy atom. The molecule has 1 amide bonds. The van der Waals surface area contributed by atoms with Crippen molar-refractivity contribution in [3.8, 4) is 10.4 Å². The van der Waals surface area contributed by atoms with Crippen LogP contribution < -0.4 is 11.1 Å². The van der Waals surface area contributed by atoms with Gasteiger partial charge < -0.3 is 11.1 Å². The van der Waals surface area contributed by atoms with Crippen LogP contribution in [0, 0.1) is 12.8 Å². The smallest absolute Gasteiger partial charge is 0.369 e. The summed E-state index contributed by atoms with van der Waals surface area (Å²) < 4.78 is 38.7. The number of anilines is 2. The van der Waals surface area contributed by atoms with E-state index < -0.39 is 17.3 Å². The Bertz CT molecular complexity index is 1130. The van der Waals surface area contributed by atoms with E-state index in [0.717, 1.165) is 28.3 Å². The number of aryl methyl sites for hydroxylation is 1. The van der Waals surface area contributed by atoms with E-state index in [0.29, 0.717) is 17.1 Å². The van der Waals surface area contributed by atoms with E-state index in [1.54, 1.807) is 18.3 Å². The number of alkyl halides is 3. The van der Waals surface area contributed by atoms with Crippen LogP contribution in [-0.4, -0.2) is 20.9 Å². The normalized spacial score (nSPS) is 20.8. The fraction of sp³-hybridized carbons (Fsp3) is 0.300. The third-order valence-electron chi connectivity index (χ3n) is 5.20. The molecule has 1 fully saturated rings. The van der Waals surface area contributed by atoms with E-state index in [1.165, 1.54) is 11.3 Å². The minimum Gasteiger partial charge on any atom is -0.369 e. The van der Waals surface area contributed by atoms with Gasteiger partial charge in [0.15, 0.2) is 0 Å². The molecule has 1 aromatic carbocycles. The van der Waals surface area contributed by atoms with E-state index in [2.05, 4.69) is 20.3 Å². The minimum absolute atomic E-state index is 0.147. The van der Waals surface area contributed by atoms with Gasteiger partial charge in [-0.2, -0.15) is 13.2 Å². The molecule has 1 aliphatic rings. The van der Waals surface area contributed by atoms with Crippen molar-refractivity contribution in [2.45, 2.75) is 31.9 Å². The Kier molecular flexibility index (Phi) is 4.76. The molecule has 30 heavy (non-hydrogen) atoms. The van der Waals surface area contributed by atoms with Crippen molar-refractivity contribution >= 4 is 28.9 Å². The maximum Gasteiger partial charge on any atom is 0.433 e. The number of rotatable bonds is 5. The van der Waals surface area contributed by atoms with Crippen LogP contribution in [0.25, 0.3) is 10.4 Å². The molecule has 156 valence electrons. The van der Waals surface area contributed by atoms with Gasteiger partial charge in [0.25, 0.3) is 0 Å². The van der Waals surface area contributed by atoms with E-state index in [1.807, 2.05) is 19.9 Å². The number of benzene rings is 1. The maximum atomic E-state index is 12.9. The summed E-state index contributed by atoms with van der Waals surface area (Å²) in [6, 6.07) is 6.31. The average molecular weight is 433 g/mol. The quantitative estimate of drug-likeness (QED) is 0.621. The molecule has 2 aromatic heterocycles. The number of carbonyl (C=O) groups excluding carboxylic acids is 1. The second kappa shape index (κ2) is 7.05. The summed E-state index contributed by atoms with van der Waals surface area (Å²) in [4.78, 5) is 24.6. The number of carbonyl (C=O) groups is 1. The van der Waals surface area contributed by atoms with Gasteiger partial charge in [0.1, 0.15) is 16.1 Å². The van der Waals surface area contributed by atoms with Crippen LogP contribution in [0.1, 0.15) is 29.6 Å². The Morgan fingerprint density at radius 1 is 1.30 bits per heavy atom. The molecule has 0 bridgehead atoms. The second-order valence-electron chi connectivity index (χ2n) is 7.45. The van der Waals surface area contributed by atoms with Gasteiger partial charge in [-0.1, -0.05) is 13.0 Å². The number of hydrogen-bond acceptors (Lipinski definition) is 6. The van der Waals surface area contributed by atoms with Crippen LogP contribution in [0.5, 0.6) is 0 Å². The van der Waals surface area contributed by atoms with Gasteiger partial charge in [0, 0.05) is 18.1 Å². The van der Waals surface area contributed by atoms with Crippen molar-refractivity contribution in [2.24, 2.45) is 11.7 Å². The van der Waals surface area contributed by atoms with E-state index >= 15 is 0 Å². The summed E-state index contributed by atoms with van der Waals surface area (Å²) in [5.41, 5.74) is 6.15. The lowest BCUT2D eigenvalue weighted by molar-refractivity contribution is -0.141. The summed E-state index contributed by atoms with van der Waals surface area (Å²) in [7, 11) is 0. The number of halogens is 3. The average Bonchev–Trinajstić information content (AvgIpc) is 3.11. The van der Waals surface area contributed by atoms with Crippen molar-refractivity contribution in [3.05, 3.63) is 52.9 Å². The highest BCUT2D eigenvalue weighted by Crippen LogP contribution is 2.55. The third-order valence-corrected chi connectivity index (χ3v) is 6.42. The van der Waals surface area contributed by atoms with Gasteiger partial charge in [0.05, 0.1) is 4.88 Å². The Balaban J connectivity index is 1.63. The molecule has 2 atom stereocenters. The highest BCUT2D eigenvalue weighted by atomic mass is 32.1. The van der Waals surface area contributed by atoms with Crippen LogP contribution in [0.15, 0.2) is 36.7 Å². The first-order valence-corrected chi connectivity index (χ1v) is 9.97. The first-order valence-electron chi connectivity index (χ1n) is 9.15.